The van der Waals surface area contributed by atoms with Crippen molar-refractivity contribution in [2.45, 2.75) is 6.92 Å². The van der Waals surface area contributed by atoms with E-state index in [0.29, 0.717) is 0 Å². The molecule has 6 nitrogen and oxygen atoms in total. The van der Waals surface area contributed by atoms with E-state index in [1.807, 2.05) is 0 Å². The molecular formula is C9H8N4O2Y9-4. The summed E-state index contributed by atoms with van der Waals surface area (Å²) in [6, 6.07) is 0. The van der Waals surface area contributed by atoms with E-state index in [4.69, 9.17) is 0 Å². The van der Waals surface area contributed by atoms with Gasteiger partial charge in [-0.3, -0.25) is 7.05 Å². The van der Waals surface area contributed by atoms with Crippen molar-refractivity contribution < 1.29 is 294 Å². The van der Waals surface area contributed by atoms with Crippen LogP contribution < -0.4 is 11.2 Å². The van der Waals surface area contributed by atoms with E-state index in [9.17, 15) is 9.59 Å². The van der Waals surface area contributed by atoms with Crippen LogP contribution in [0.4, 0.5) is 0 Å². The summed E-state index contributed by atoms with van der Waals surface area (Å²) in [5.74, 6) is 0. The Kier molecular flexibility index (Phi) is 59.7. The van der Waals surface area contributed by atoms with Crippen LogP contribution >= 0.6 is 0 Å². The Morgan fingerprint density at radius 3 is 1.71 bits per heavy atom. The molecule has 0 saturated carbocycles. The fourth-order valence-corrected chi connectivity index (χ4v) is 1.38. The van der Waals surface area contributed by atoms with E-state index in [2.05, 4.69) is 25.4 Å². The third-order valence-electron chi connectivity index (χ3n) is 2.13. The van der Waals surface area contributed by atoms with Gasteiger partial charge >= 0.3 is 0 Å². The van der Waals surface area contributed by atoms with Crippen LogP contribution in [0.25, 0.3) is 11.2 Å². The van der Waals surface area contributed by atoms with Crippen LogP contribution in [-0.2, 0) is 294 Å². The first-order chi connectivity index (χ1) is 7.07. The van der Waals surface area contributed by atoms with Crippen molar-refractivity contribution in [2.24, 2.45) is 0 Å². The maximum atomic E-state index is 11.8. The molecule has 0 atom stereocenters. The summed E-state index contributed by atoms with van der Waals surface area (Å²) < 4.78 is 3.18. The zero-order chi connectivity index (χ0) is 11.2. The second-order valence-electron chi connectivity index (χ2n) is 2.96. The maximum Gasteiger partial charge on any atom is 0.199 e. The molecule has 0 aliphatic rings. The molecule has 0 aliphatic heterocycles. The predicted octanol–water partition coefficient (Wildman–Crippen LogP) is -0.553. The van der Waals surface area contributed by atoms with Gasteiger partial charge in [-0.2, -0.15) is 11.8 Å². The van der Waals surface area contributed by atoms with E-state index in [1.54, 1.807) is 6.92 Å². The number of aromatic nitrogens is 4. The van der Waals surface area contributed by atoms with Crippen LogP contribution in [0.2, 0.25) is 0 Å². The van der Waals surface area contributed by atoms with E-state index in [0.717, 1.165) is 9.13 Å². The Hall–Kier alpha value is 7.70. The molecule has 0 aromatic carbocycles. The van der Waals surface area contributed by atoms with Crippen LogP contribution in [0.3, 0.4) is 0 Å². The van der Waals surface area contributed by atoms with Gasteiger partial charge in [-0.15, -0.1) is 13.6 Å². The average Bonchev–Trinajstić information content (AvgIpc) is 2.58. The Balaban J connectivity index is -0.0000000474. The van der Waals surface area contributed by atoms with Crippen LogP contribution in [0, 0.1) is 27.0 Å². The third kappa shape index (κ3) is 13.4. The Morgan fingerprint density at radius 1 is 0.917 bits per heavy atom. The zero-order valence-corrected chi connectivity index (χ0v) is 38.8. The van der Waals surface area contributed by atoms with Gasteiger partial charge in [0.25, 0.3) is 0 Å². The van der Waals surface area contributed by atoms with Crippen molar-refractivity contribution in [1.29, 1.82) is 0 Å². The van der Waals surface area contributed by atoms with E-state index in [-0.39, 0.29) is 306 Å². The second-order valence-corrected chi connectivity index (χ2v) is 2.96. The molecule has 24 heavy (non-hydrogen) atoms. The molecule has 2 heterocycles. The van der Waals surface area contributed by atoms with Crippen molar-refractivity contribution in [3.8, 4) is 0 Å². The Morgan fingerprint density at radius 2 is 1.33 bits per heavy atom. The molecule has 0 unspecified atom stereocenters. The van der Waals surface area contributed by atoms with Gasteiger partial charge in [0.15, 0.2) is 5.69 Å². The first-order valence-electron chi connectivity index (χ1n) is 4.17. The molecule has 2 aromatic rings. The van der Waals surface area contributed by atoms with Crippen molar-refractivity contribution >= 4 is 11.2 Å². The summed E-state index contributed by atoms with van der Waals surface area (Å²) in [4.78, 5) is 27.1. The maximum absolute atomic E-state index is 11.8. The van der Waals surface area contributed by atoms with Gasteiger partial charge in [0.05, 0.1) is 0 Å². The predicted molar refractivity (Wildman–Crippen MR) is 54.0 cm³/mol. The fraction of sp³-hybridized carbons (Fsp3) is 0.111. The minimum atomic E-state index is -0.540. The summed E-state index contributed by atoms with van der Waals surface area (Å²) in [7, 11) is 7.06. The molecule has 9 radical (unpaired) electrons. The molecule has 2 rings (SSSR count). The summed E-state index contributed by atoms with van der Waals surface area (Å²) in [5, 5.41) is 0. The van der Waals surface area contributed by atoms with Crippen molar-refractivity contribution in [1.82, 2.24) is 18.7 Å². The zero-order valence-electron chi connectivity index (χ0n) is 13.3. The standard InChI is InChI=1S/C9H8N4O2.9Y/c1-4-13-8(14)6-7(10-5-11(6)2)12(3)9(13)15;;;;;;;;;/h4H,2-3H2,1H3;;;;;;;;;/q-4;;;;;;;;;. The van der Waals surface area contributed by atoms with Crippen LogP contribution in [0.5, 0.6) is 0 Å². The monoisotopic (exact) mass is 1000 g/mol. The molecule has 0 spiro atoms. The molecule has 0 aliphatic carbocycles. The van der Waals surface area contributed by atoms with Gasteiger partial charge in [0, 0.05) is 300 Å². The number of nitrogens with zero attached hydrogens (tertiary/aromatic N) is 4. The smallest absolute Gasteiger partial charge is 0.199 e. The molecule has 0 amide bonds. The molecule has 0 fully saturated rings. The minimum Gasteiger partial charge on any atom is -0.654 e. The largest absolute Gasteiger partial charge is 0.654 e. The first-order valence-corrected chi connectivity index (χ1v) is 4.17. The number of hydrogen-bond acceptors (Lipinski definition) is 3. The normalized spacial score (nSPS) is 6.71. The Labute approximate surface area is 368 Å². The molecule has 107 valence electrons. The Bertz CT molecular complexity index is 655. The van der Waals surface area contributed by atoms with Crippen molar-refractivity contribution in [3.05, 3.63) is 47.8 Å². The fourth-order valence-electron chi connectivity index (χ4n) is 1.38. The third-order valence-corrected chi connectivity index (χ3v) is 2.13. The first kappa shape index (κ1) is 53.2. The number of imidazole rings is 1. The molecule has 0 bridgehead atoms. The molecule has 0 saturated heterocycles. The number of rotatable bonds is 1. The quantitative estimate of drug-likeness (QED) is 0.361. The van der Waals surface area contributed by atoms with Crippen LogP contribution in [-0.4, -0.2) is 18.7 Å². The van der Waals surface area contributed by atoms with Crippen molar-refractivity contribution in [3.63, 3.8) is 0 Å². The van der Waals surface area contributed by atoms with Crippen LogP contribution in [0.1, 0.15) is 6.92 Å². The topological polar surface area (TPSA) is 61.8 Å². The molecule has 0 N–H and O–H groups in total. The SMILES string of the molecule is [CH2-]n1[c-]nc2c1c(=O)n([CH-]C)c(=O)n2[CH2-].[Y].[Y].[Y].[Y].[Y].[Y].[Y].[Y].[Y]. The molecule has 15 heteroatoms. The minimum absolute atomic E-state index is 0. The van der Waals surface area contributed by atoms with Gasteiger partial charge < -0.3 is 28.3 Å². The average molecular weight is 1000 g/mol. The van der Waals surface area contributed by atoms with E-state index < -0.39 is 11.2 Å². The summed E-state index contributed by atoms with van der Waals surface area (Å²) in [6.45, 7) is 2.96. The van der Waals surface area contributed by atoms with Gasteiger partial charge in [-0.05, 0) is 0 Å². The summed E-state index contributed by atoms with van der Waals surface area (Å²) in [6.07, 6.45) is 2.47. The van der Waals surface area contributed by atoms with E-state index >= 15 is 0 Å². The van der Waals surface area contributed by atoms with Gasteiger partial charge in [-0.25, -0.2) is 0 Å². The van der Waals surface area contributed by atoms with Gasteiger partial charge in [-0.1, -0.05) is 12.6 Å². The summed E-state index contributed by atoms with van der Waals surface area (Å²) >= 11 is 0. The number of fused-ring (bicyclic) bond motifs is 1. The number of hydrogen-bond donors (Lipinski definition) is 0. The molecular weight excluding hydrogens is 996 g/mol. The van der Waals surface area contributed by atoms with Gasteiger partial charge in [0.1, 0.15) is 0 Å². The summed E-state index contributed by atoms with van der Waals surface area (Å²) in [5.41, 5.74) is -0.635. The molecule has 2 aromatic heterocycles. The van der Waals surface area contributed by atoms with E-state index in [1.165, 1.54) is 11.1 Å². The van der Waals surface area contributed by atoms with Crippen LogP contribution in [0.15, 0.2) is 9.59 Å². The second kappa shape index (κ2) is 26.9. The van der Waals surface area contributed by atoms with Crippen molar-refractivity contribution in [2.75, 3.05) is 0 Å². The van der Waals surface area contributed by atoms with Gasteiger partial charge in [0.2, 0.25) is 0 Å².